The summed E-state index contributed by atoms with van der Waals surface area (Å²) in [5, 5.41) is 8.64. The topological polar surface area (TPSA) is 47.8 Å². The number of rotatable bonds is 5. The van der Waals surface area contributed by atoms with Crippen LogP contribution in [0, 0.1) is 13.8 Å². The average Bonchev–Trinajstić information content (AvgIpc) is 3.05. The van der Waals surface area contributed by atoms with Gasteiger partial charge in [0.15, 0.2) is 10.9 Å². The van der Waals surface area contributed by atoms with E-state index in [1.165, 1.54) is 11.8 Å². The molecule has 122 valence electrons. The number of ketones is 1. The van der Waals surface area contributed by atoms with Crippen molar-refractivity contribution in [1.82, 2.24) is 14.8 Å². The van der Waals surface area contributed by atoms with Gasteiger partial charge in [-0.1, -0.05) is 47.7 Å². The van der Waals surface area contributed by atoms with Crippen LogP contribution in [0.2, 0.25) is 0 Å². The smallest absolute Gasteiger partial charge is 0.196 e. The summed E-state index contributed by atoms with van der Waals surface area (Å²) in [6.07, 6.45) is 1.67. The highest BCUT2D eigenvalue weighted by Gasteiger charge is 2.21. The van der Waals surface area contributed by atoms with E-state index < -0.39 is 0 Å². The summed E-state index contributed by atoms with van der Waals surface area (Å²) >= 11 is 1.43. The third-order valence-corrected chi connectivity index (χ3v) is 4.92. The van der Waals surface area contributed by atoms with Gasteiger partial charge < -0.3 is 0 Å². The fraction of sp³-hybridized carbons (Fsp3) is 0.211. The lowest BCUT2D eigenvalue weighted by Crippen LogP contribution is -2.16. The fourth-order valence-corrected chi connectivity index (χ4v) is 3.41. The van der Waals surface area contributed by atoms with Crippen LogP contribution in [-0.4, -0.2) is 25.8 Å². The summed E-state index contributed by atoms with van der Waals surface area (Å²) in [6, 6.07) is 15.9. The van der Waals surface area contributed by atoms with Gasteiger partial charge in [0, 0.05) is 11.3 Å². The van der Waals surface area contributed by atoms with E-state index in [1.54, 1.807) is 6.33 Å². The Morgan fingerprint density at radius 1 is 1.12 bits per heavy atom. The molecule has 3 rings (SSSR count). The van der Waals surface area contributed by atoms with Gasteiger partial charge >= 0.3 is 0 Å². The molecule has 0 aliphatic carbocycles. The molecule has 0 bridgehead atoms. The highest BCUT2D eigenvalue weighted by Crippen LogP contribution is 2.27. The molecular formula is C19H19N3OS. The minimum atomic E-state index is -0.239. The van der Waals surface area contributed by atoms with Gasteiger partial charge in [0.05, 0.1) is 5.25 Å². The summed E-state index contributed by atoms with van der Waals surface area (Å²) < 4.78 is 1.90. The van der Waals surface area contributed by atoms with E-state index in [0.29, 0.717) is 5.16 Å². The van der Waals surface area contributed by atoms with Gasteiger partial charge in [-0.25, -0.2) is 0 Å². The van der Waals surface area contributed by atoms with E-state index in [2.05, 4.69) is 10.2 Å². The Bertz CT molecular complexity index is 858. The van der Waals surface area contributed by atoms with Crippen LogP contribution in [0.15, 0.2) is 60.0 Å². The summed E-state index contributed by atoms with van der Waals surface area (Å²) in [7, 11) is 0. The van der Waals surface area contributed by atoms with Crippen LogP contribution in [0.4, 0.5) is 0 Å². The molecule has 2 aromatic carbocycles. The Hall–Kier alpha value is -2.40. The Balaban J connectivity index is 1.83. The van der Waals surface area contributed by atoms with Crippen molar-refractivity contribution >= 4 is 17.5 Å². The minimum absolute atomic E-state index is 0.115. The molecule has 1 aromatic heterocycles. The monoisotopic (exact) mass is 337 g/mol. The predicted octanol–water partition coefficient (Wildman–Crippen LogP) is 4.25. The van der Waals surface area contributed by atoms with Crippen LogP contribution >= 0.6 is 11.8 Å². The van der Waals surface area contributed by atoms with Crippen LogP contribution < -0.4 is 0 Å². The Labute approximate surface area is 145 Å². The van der Waals surface area contributed by atoms with E-state index >= 15 is 0 Å². The van der Waals surface area contributed by atoms with Gasteiger partial charge in [0.1, 0.15) is 6.33 Å². The summed E-state index contributed by atoms with van der Waals surface area (Å²) in [4.78, 5) is 12.8. The van der Waals surface area contributed by atoms with E-state index in [1.807, 2.05) is 73.9 Å². The molecule has 4 nitrogen and oxygen atoms in total. The lowest BCUT2D eigenvalue weighted by atomic mass is 10.0. The maximum Gasteiger partial charge on any atom is 0.196 e. The molecule has 0 fully saturated rings. The molecule has 0 radical (unpaired) electrons. The van der Waals surface area contributed by atoms with Crippen molar-refractivity contribution in [1.29, 1.82) is 0 Å². The number of benzene rings is 2. The third-order valence-electron chi connectivity index (χ3n) is 3.86. The number of hydrogen-bond donors (Lipinski definition) is 0. The maximum absolute atomic E-state index is 12.8. The van der Waals surface area contributed by atoms with Crippen molar-refractivity contribution in [2.24, 2.45) is 0 Å². The van der Waals surface area contributed by atoms with Crippen molar-refractivity contribution in [3.63, 3.8) is 0 Å². The summed E-state index contributed by atoms with van der Waals surface area (Å²) in [5.74, 6) is 0.115. The quantitative estimate of drug-likeness (QED) is 0.516. The van der Waals surface area contributed by atoms with Crippen LogP contribution in [0.25, 0.3) is 5.69 Å². The number of aromatic nitrogens is 3. The second-order valence-corrected chi connectivity index (χ2v) is 7.07. The molecule has 0 amide bonds. The highest BCUT2D eigenvalue weighted by molar-refractivity contribution is 8.00. The number of para-hydroxylation sites is 1. The molecule has 1 heterocycles. The molecule has 0 aliphatic heterocycles. The molecule has 0 N–H and O–H groups in total. The molecular weight excluding hydrogens is 318 g/mol. The first-order chi connectivity index (χ1) is 11.6. The summed E-state index contributed by atoms with van der Waals surface area (Å²) in [6.45, 7) is 5.88. The highest BCUT2D eigenvalue weighted by atomic mass is 32.2. The normalized spacial score (nSPS) is 12.1. The van der Waals surface area contributed by atoms with Crippen molar-refractivity contribution in [2.75, 3.05) is 0 Å². The molecule has 3 aromatic rings. The van der Waals surface area contributed by atoms with Crippen LogP contribution in [-0.2, 0) is 0 Å². The first-order valence-electron chi connectivity index (χ1n) is 7.80. The molecule has 1 atom stereocenters. The van der Waals surface area contributed by atoms with Crippen molar-refractivity contribution in [3.8, 4) is 5.69 Å². The second kappa shape index (κ2) is 7.01. The number of thioether (sulfide) groups is 1. The van der Waals surface area contributed by atoms with Gasteiger partial charge in [-0.15, -0.1) is 10.2 Å². The molecule has 0 aliphatic rings. The molecule has 5 heteroatoms. The SMILES string of the molecule is Cc1ccc(C)c(C(=O)[C@H](C)Sc2nncn2-c2ccccc2)c1. The van der Waals surface area contributed by atoms with Crippen molar-refractivity contribution < 1.29 is 4.79 Å². The average molecular weight is 337 g/mol. The fourth-order valence-electron chi connectivity index (χ4n) is 2.50. The molecule has 24 heavy (non-hydrogen) atoms. The Morgan fingerprint density at radius 2 is 1.88 bits per heavy atom. The largest absolute Gasteiger partial charge is 0.293 e. The first kappa shape index (κ1) is 16.5. The third kappa shape index (κ3) is 3.41. The molecule has 0 unspecified atom stereocenters. The van der Waals surface area contributed by atoms with Gasteiger partial charge in [0.2, 0.25) is 0 Å². The van der Waals surface area contributed by atoms with Gasteiger partial charge in [0.25, 0.3) is 0 Å². The maximum atomic E-state index is 12.8. The summed E-state index contributed by atoms with van der Waals surface area (Å²) in [5.41, 5.74) is 3.85. The zero-order valence-electron chi connectivity index (χ0n) is 13.9. The van der Waals surface area contributed by atoms with E-state index in [4.69, 9.17) is 0 Å². The van der Waals surface area contributed by atoms with Crippen molar-refractivity contribution in [2.45, 2.75) is 31.2 Å². The number of carbonyl (C=O) groups excluding carboxylic acids is 1. The lowest BCUT2D eigenvalue weighted by Gasteiger charge is -2.13. The molecule has 0 saturated heterocycles. The lowest BCUT2D eigenvalue weighted by molar-refractivity contribution is 0.0993. The standard InChI is InChI=1S/C19H19N3OS/c1-13-9-10-14(2)17(11-13)18(23)15(3)24-19-21-20-12-22(19)16-7-5-4-6-8-16/h4-12,15H,1-3H3/t15-/m0/s1. The Kier molecular flexibility index (Phi) is 4.81. The Morgan fingerprint density at radius 3 is 2.62 bits per heavy atom. The number of aryl methyl sites for hydroxylation is 2. The van der Waals surface area contributed by atoms with Crippen molar-refractivity contribution in [3.05, 3.63) is 71.5 Å². The van der Waals surface area contributed by atoms with Gasteiger partial charge in [-0.3, -0.25) is 9.36 Å². The molecule has 0 spiro atoms. The zero-order valence-corrected chi connectivity index (χ0v) is 14.7. The number of hydrogen-bond acceptors (Lipinski definition) is 4. The molecule has 0 saturated carbocycles. The van der Waals surface area contributed by atoms with Crippen LogP contribution in [0.1, 0.15) is 28.4 Å². The van der Waals surface area contributed by atoms with Gasteiger partial charge in [-0.05, 0) is 44.5 Å². The van der Waals surface area contributed by atoms with E-state index in [9.17, 15) is 4.79 Å². The van der Waals surface area contributed by atoms with Crippen LogP contribution in [0.5, 0.6) is 0 Å². The van der Waals surface area contributed by atoms with Crippen LogP contribution in [0.3, 0.4) is 0 Å². The minimum Gasteiger partial charge on any atom is -0.293 e. The van der Waals surface area contributed by atoms with E-state index in [0.717, 1.165) is 22.4 Å². The van der Waals surface area contributed by atoms with E-state index in [-0.39, 0.29) is 11.0 Å². The predicted molar refractivity (Wildman–Crippen MR) is 96.9 cm³/mol. The first-order valence-corrected chi connectivity index (χ1v) is 8.68. The second-order valence-electron chi connectivity index (χ2n) is 5.76. The number of nitrogens with zero attached hydrogens (tertiary/aromatic N) is 3. The zero-order chi connectivity index (χ0) is 17.1. The number of carbonyl (C=O) groups is 1. The number of Topliss-reactive ketones (excluding diaryl/α,β-unsaturated/α-hetero) is 1. The van der Waals surface area contributed by atoms with Gasteiger partial charge in [-0.2, -0.15) is 0 Å².